The van der Waals surface area contributed by atoms with Crippen molar-refractivity contribution in [1.29, 1.82) is 0 Å². The molecule has 0 spiro atoms. The fourth-order valence-corrected chi connectivity index (χ4v) is 0.884. The summed E-state index contributed by atoms with van der Waals surface area (Å²) in [6.45, 7) is 0. The molecule has 1 aliphatic carbocycles. The molecule has 0 bridgehead atoms. The Kier molecular flexibility index (Phi) is 5.17. The number of halogens is 1. The van der Waals surface area contributed by atoms with Gasteiger partial charge in [0, 0.05) is 0 Å². The summed E-state index contributed by atoms with van der Waals surface area (Å²) in [5, 5.41) is 6.75. The van der Waals surface area contributed by atoms with Gasteiger partial charge < -0.3 is 5.11 Å². The highest BCUT2D eigenvalue weighted by molar-refractivity contribution is 5.54. The molecule has 0 heterocycles. The van der Waals surface area contributed by atoms with E-state index in [4.69, 9.17) is 9.90 Å². The molecule has 0 amide bonds. The van der Waals surface area contributed by atoms with Gasteiger partial charge in [-0.3, -0.25) is 0 Å². The van der Waals surface area contributed by atoms with Crippen LogP contribution in [0.5, 0.6) is 0 Å². The van der Waals surface area contributed by atoms with Crippen LogP contribution >= 0.6 is 0 Å². The molecular weight excluding hydrogens is 123 g/mol. The number of rotatable bonds is 0. The molecular formula is C6H11FO2. The Bertz CT molecular complexity index is 67.5. The van der Waals surface area contributed by atoms with Crippen molar-refractivity contribution in [3.63, 3.8) is 0 Å². The molecule has 1 fully saturated rings. The SMILES string of the molecule is C1CCCC1.O=C(O)F. The van der Waals surface area contributed by atoms with Crippen molar-refractivity contribution in [1.82, 2.24) is 0 Å². The fourth-order valence-electron chi connectivity index (χ4n) is 0.884. The van der Waals surface area contributed by atoms with E-state index in [0.29, 0.717) is 0 Å². The highest BCUT2D eigenvalue weighted by Crippen LogP contribution is 2.15. The molecule has 9 heavy (non-hydrogen) atoms. The maximum atomic E-state index is 9.92. The van der Waals surface area contributed by atoms with E-state index in [1.165, 1.54) is 32.1 Å². The van der Waals surface area contributed by atoms with Crippen LogP contribution in [0.2, 0.25) is 0 Å². The van der Waals surface area contributed by atoms with E-state index < -0.39 is 6.22 Å². The topological polar surface area (TPSA) is 37.3 Å². The molecule has 0 aromatic carbocycles. The molecule has 1 N–H and O–H groups in total. The number of carboxylic acid groups (broad SMARTS) is 1. The third-order valence-corrected chi connectivity index (χ3v) is 1.25. The number of hydrogen-bond acceptors (Lipinski definition) is 1. The average molecular weight is 134 g/mol. The minimum absolute atomic E-state index is 1.50. The Labute approximate surface area is 53.7 Å². The van der Waals surface area contributed by atoms with E-state index in [0.717, 1.165) is 0 Å². The maximum Gasteiger partial charge on any atom is 0.492 e. The van der Waals surface area contributed by atoms with Crippen LogP contribution in [0.4, 0.5) is 9.18 Å². The standard InChI is InChI=1S/C5H10.CHFO2/c1-2-4-5-3-1;2-1(3)4/h1-5H2;(H,3,4). The van der Waals surface area contributed by atoms with E-state index in [1.807, 2.05) is 0 Å². The van der Waals surface area contributed by atoms with Crippen LogP contribution in [0.1, 0.15) is 32.1 Å². The summed E-state index contributed by atoms with van der Waals surface area (Å²) >= 11 is 0. The molecule has 0 aromatic rings. The first-order valence-corrected chi connectivity index (χ1v) is 3.12. The summed E-state index contributed by atoms with van der Waals surface area (Å²) in [6.07, 6.45) is 5.17. The van der Waals surface area contributed by atoms with Crippen LogP contribution in [0.25, 0.3) is 0 Å². The first kappa shape index (κ1) is 8.40. The summed E-state index contributed by atoms with van der Waals surface area (Å²) < 4.78 is 9.92. The lowest BCUT2D eigenvalue weighted by molar-refractivity contribution is 0.169. The zero-order chi connectivity index (χ0) is 7.11. The highest BCUT2D eigenvalue weighted by atomic mass is 19.1. The normalized spacial score (nSPS) is 16.1. The molecule has 3 heteroatoms. The lowest BCUT2D eigenvalue weighted by Gasteiger charge is -1.67. The molecule has 1 rings (SSSR count). The van der Waals surface area contributed by atoms with Crippen LogP contribution in [-0.4, -0.2) is 11.3 Å². The molecule has 0 aliphatic heterocycles. The van der Waals surface area contributed by atoms with Crippen molar-refractivity contribution in [3.05, 3.63) is 0 Å². The minimum atomic E-state index is -2.33. The number of carbonyl (C=O) groups is 1. The Morgan fingerprint density at radius 2 is 1.22 bits per heavy atom. The quantitative estimate of drug-likeness (QED) is 0.517. The average Bonchev–Trinajstić information content (AvgIpc) is 2.11. The zero-order valence-electron chi connectivity index (χ0n) is 5.27. The molecule has 0 atom stereocenters. The molecule has 0 saturated heterocycles. The number of hydrogen-bond donors (Lipinski definition) is 1. The van der Waals surface area contributed by atoms with E-state index in [-0.39, 0.29) is 0 Å². The van der Waals surface area contributed by atoms with Gasteiger partial charge >= 0.3 is 6.22 Å². The van der Waals surface area contributed by atoms with E-state index in [2.05, 4.69) is 0 Å². The second-order valence-electron chi connectivity index (χ2n) is 2.02. The Hall–Kier alpha value is -0.600. The molecule has 54 valence electrons. The predicted molar refractivity (Wildman–Crippen MR) is 32.2 cm³/mol. The van der Waals surface area contributed by atoms with Gasteiger partial charge in [0.1, 0.15) is 0 Å². The van der Waals surface area contributed by atoms with Gasteiger partial charge in [-0.1, -0.05) is 32.1 Å². The van der Waals surface area contributed by atoms with Gasteiger partial charge in [-0.2, -0.15) is 0 Å². The van der Waals surface area contributed by atoms with Crippen molar-refractivity contribution in [2.45, 2.75) is 32.1 Å². The van der Waals surface area contributed by atoms with Crippen molar-refractivity contribution in [2.75, 3.05) is 0 Å². The summed E-state index contributed by atoms with van der Waals surface area (Å²) in [7, 11) is 0. The van der Waals surface area contributed by atoms with Crippen LogP contribution in [0, 0.1) is 0 Å². The van der Waals surface area contributed by atoms with Crippen molar-refractivity contribution < 1.29 is 14.3 Å². The summed E-state index contributed by atoms with van der Waals surface area (Å²) in [5.41, 5.74) is 0. The zero-order valence-corrected chi connectivity index (χ0v) is 5.27. The Morgan fingerprint density at radius 3 is 1.33 bits per heavy atom. The third-order valence-electron chi connectivity index (χ3n) is 1.25. The second-order valence-corrected chi connectivity index (χ2v) is 2.02. The van der Waals surface area contributed by atoms with Crippen molar-refractivity contribution in [2.24, 2.45) is 0 Å². The van der Waals surface area contributed by atoms with Gasteiger partial charge in [-0.05, 0) is 0 Å². The second kappa shape index (κ2) is 5.54. The van der Waals surface area contributed by atoms with Gasteiger partial charge in [0.2, 0.25) is 0 Å². The first-order valence-electron chi connectivity index (χ1n) is 3.12. The van der Waals surface area contributed by atoms with Gasteiger partial charge in [0.25, 0.3) is 0 Å². The first-order chi connectivity index (χ1) is 4.23. The monoisotopic (exact) mass is 134 g/mol. The van der Waals surface area contributed by atoms with Crippen molar-refractivity contribution >= 4 is 6.22 Å². The largest absolute Gasteiger partial charge is 0.492 e. The van der Waals surface area contributed by atoms with Gasteiger partial charge in [-0.15, -0.1) is 4.39 Å². The molecule has 0 unspecified atom stereocenters. The van der Waals surface area contributed by atoms with Crippen LogP contribution < -0.4 is 0 Å². The van der Waals surface area contributed by atoms with E-state index in [1.54, 1.807) is 0 Å². The summed E-state index contributed by atoms with van der Waals surface area (Å²) in [4.78, 5) is 8.33. The van der Waals surface area contributed by atoms with E-state index in [9.17, 15) is 4.39 Å². The molecule has 1 saturated carbocycles. The van der Waals surface area contributed by atoms with Gasteiger partial charge in [-0.25, -0.2) is 4.79 Å². The van der Waals surface area contributed by atoms with Crippen LogP contribution in [0.3, 0.4) is 0 Å². The van der Waals surface area contributed by atoms with Gasteiger partial charge in [0.05, 0.1) is 0 Å². The molecule has 1 aliphatic rings. The molecule has 2 nitrogen and oxygen atoms in total. The van der Waals surface area contributed by atoms with Gasteiger partial charge in [0.15, 0.2) is 0 Å². The minimum Gasteiger partial charge on any atom is -0.456 e. The predicted octanol–water partition coefficient (Wildman–Crippen LogP) is 2.58. The highest BCUT2D eigenvalue weighted by Gasteiger charge is 1.95. The third kappa shape index (κ3) is 11.1. The smallest absolute Gasteiger partial charge is 0.456 e. The molecule has 0 aromatic heterocycles. The van der Waals surface area contributed by atoms with Crippen LogP contribution in [0.15, 0.2) is 0 Å². The van der Waals surface area contributed by atoms with Crippen LogP contribution in [-0.2, 0) is 0 Å². The van der Waals surface area contributed by atoms with Crippen molar-refractivity contribution in [3.8, 4) is 0 Å². The maximum absolute atomic E-state index is 9.92. The van der Waals surface area contributed by atoms with E-state index >= 15 is 0 Å². The lowest BCUT2D eigenvalue weighted by atomic mass is 10.4. The summed E-state index contributed by atoms with van der Waals surface area (Å²) in [5.74, 6) is 0. The Morgan fingerprint density at radius 1 is 1.11 bits per heavy atom. The molecule has 0 radical (unpaired) electrons. The Balaban J connectivity index is 0.000000148. The fraction of sp³-hybridized carbons (Fsp3) is 0.833. The summed E-state index contributed by atoms with van der Waals surface area (Å²) in [6, 6.07) is 0. The lowest BCUT2D eigenvalue weighted by Crippen LogP contribution is -1.69.